The van der Waals surface area contributed by atoms with Crippen LogP contribution in [0.3, 0.4) is 0 Å². The topological polar surface area (TPSA) is 75.1 Å². The van der Waals surface area contributed by atoms with Gasteiger partial charge in [-0.2, -0.15) is 0 Å². The molecule has 1 atom stereocenters. The molecule has 0 heterocycles. The highest BCUT2D eigenvalue weighted by Crippen LogP contribution is 2.26. The second-order valence-electron chi connectivity index (χ2n) is 6.59. The minimum Gasteiger partial charge on any atom is -0.504 e. The average molecular weight is 386 g/mol. The van der Waals surface area contributed by atoms with Gasteiger partial charge < -0.3 is 25.2 Å². The van der Waals surface area contributed by atoms with E-state index in [1.165, 1.54) is 12.7 Å². The third kappa shape index (κ3) is 6.37. The number of ether oxygens (including phenoxy) is 2. The zero-order valence-corrected chi connectivity index (χ0v) is 17.2. The average Bonchev–Trinajstić information content (AvgIpc) is 2.72. The van der Waals surface area contributed by atoms with Crippen molar-refractivity contribution in [1.82, 2.24) is 10.6 Å². The maximum Gasteiger partial charge on any atom is 0.191 e. The molecule has 2 aromatic carbocycles. The summed E-state index contributed by atoms with van der Waals surface area (Å²) in [5.74, 6) is 2.66. The number of rotatable bonds is 9. The molecule has 2 rings (SSSR count). The number of phenols is 1. The van der Waals surface area contributed by atoms with Gasteiger partial charge in [-0.25, -0.2) is 4.99 Å². The number of aromatic hydroxyl groups is 1. The van der Waals surface area contributed by atoms with Gasteiger partial charge in [0, 0.05) is 13.1 Å². The van der Waals surface area contributed by atoms with E-state index in [1.54, 1.807) is 19.2 Å². The number of nitrogens with one attached hydrogen (secondary N) is 2. The molecule has 3 N–H and O–H groups in total. The quantitative estimate of drug-likeness (QED) is 0.454. The summed E-state index contributed by atoms with van der Waals surface area (Å²) in [5, 5.41) is 16.5. The first-order valence-electron chi connectivity index (χ1n) is 9.59. The number of benzene rings is 2. The molecular weight excluding hydrogens is 354 g/mol. The van der Waals surface area contributed by atoms with Gasteiger partial charge in [0.15, 0.2) is 17.5 Å². The molecule has 1 unspecified atom stereocenters. The fourth-order valence-electron chi connectivity index (χ4n) is 2.85. The lowest BCUT2D eigenvalue weighted by atomic mass is 9.98. The maximum absolute atomic E-state index is 9.89. The van der Waals surface area contributed by atoms with E-state index in [4.69, 9.17) is 9.47 Å². The van der Waals surface area contributed by atoms with E-state index in [2.05, 4.69) is 34.7 Å². The van der Waals surface area contributed by atoms with Crippen LogP contribution in [0.2, 0.25) is 0 Å². The lowest BCUT2D eigenvalue weighted by Crippen LogP contribution is -2.38. The number of hydrogen-bond acceptors (Lipinski definition) is 4. The van der Waals surface area contributed by atoms with E-state index in [9.17, 15) is 5.11 Å². The molecule has 6 nitrogen and oxygen atoms in total. The van der Waals surface area contributed by atoms with Crippen LogP contribution < -0.4 is 20.1 Å². The van der Waals surface area contributed by atoms with Gasteiger partial charge in [-0.1, -0.05) is 25.1 Å². The summed E-state index contributed by atoms with van der Waals surface area (Å²) in [7, 11) is 3.21. The normalized spacial score (nSPS) is 12.4. The SMILES string of the molecule is CCNC(=NCc1ccc(OC)c(O)c1)NCCC(C)c1ccc(OC)cc1. The van der Waals surface area contributed by atoms with E-state index in [0.717, 1.165) is 36.8 Å². The zero-order chi connectivity index (χ0) is 20.4. The van der Waals surface area contributed by atoms with Crippen LogP contribution in [0.4, 0.5) is 0 Å². The Hall–Kier alpha value is -2.89. The summed E-state index contributed by atoms with van der Waals surface area (Å²) in [5.41, 5.74) is 2.21. The third-order valence-corrected chi connectivity index (χ3v) is 4.56. The molecule has 152 valence electrons. The molecule has 2 aromatic rings. The van der Waals surface area contributed by atoms with Crippen LogP contribution in [-0.2, 0) is 6.54 Å². The van der Waals surface area contributed by atoms with Crippen molar-refractivity contribution in [1.29, 1.82) is 0 Å². The molecule has 0 amide bonds. The lowest BCUT2D eigenvalue weighted by molar-refractivity contribution is 0.373. The molecule has 0 spiro atoms. The fourth-order valence-corrected chi connectivity index (χ4v) is 2.85. The predicted molar refractivity (Wildman–Crippen MR) is 114 cm³/mol. The smallest absolute Gasteiger partial charge is 0.191 e. The summed E-state index contributed by atoms with van der Waals surface area (Å²) >= 11 is 0. The van der Waals surface area contributed by atoms with Crippen LogP contribution in [0.25, 0.3) is 0 Å². The summed E-state index contributed by atoms with van der Waals surface area (Å²) < 4.78 is 10.3. The van der Waals surface area contributed by atoms with Gasteiger partial charge in [0.25, 0.3) is 0 Å². The number of phenolic OH excluding ortho intramolecular Hbond substituents is 1. The van der Waals surface area contributed by atoms with Crippen LogP contribution in [0.5, 0.6) is 17.2 Å². The molecular formula is C22H31N3O3. The molecule has 0 fully saturated rings. The second kappa shape index (κ2) is 11.1. The third-order valence-electron chi connectivity index (χ3n) is 4.56. The molecule has 0 aliphatic carbocycles. The fraction of sp³-hybridized carbons (Fsp3) is 0.409. The first-order valence-corrected chi connectivity index (χ1v) is 9.59. The van der Waals surface area contributed by atoms with Gasteiger partial charge in [0.05, 0.1) is 20.8 Å². The summed E-state index contributed by atoms with van der Waals surface area (Å²) in [6.07, 6.45) is 0.986. The van der Waals surface area contributed by atoms with Gasteiger partial charge in [-0.3, -0.25) is 0 Å². The molecule has 0 aromatic heterocycles. The Morgan fingerprint density at radius 1 is 1.07 bits per heavy atom. The Bertz CT molecular complexity index is 760. The first kappa shape index (κ1) is 21.4. The van der Waals surface area contributed by atoms with Crippen LogP contribution in [0.1, 0.15) is 37.3 Å². The van der Waals surface area contributed by atoms with E-state index >= 15 is 0 Å². The van der Waals surface area contributed by atoms with Gasteiger partial charge in [-0.15, -0.1) is 0 Å². The maximum atomic E-state index is 9.89. The Labute approximate surface area is 167 Å². The Morgan fingerprint density at radius 3 is 2.43 bits per heavy atom. The largest absolute Gasteiger partial charge is 0.504 e. The highest BCUT2D eigenvalue weighted by atomic mass is 16.5. The minimum atomic E-state index is 0.126. The Balaban J connectivity index is 1.89. The summed E-state index contributed by atoms with van der Waals surface area (Å²) in [6, 6.07) is 13.5. The lowest BCUT2D eigenvalue weighted by Gasteiger charge is -2.15. The van der Waals surface area contributed by atoms with Crippen molar-refractivity contribution in [3.63, 3.8) is 0 Å². The molecule has 0 radical (unpaired) electrons. The molecule has 0 saturated heterocycles. The predicted octanol–water partition coefficient (Wildman–Crippen LogP) is 3.66. The van der Waals surface area contributed by atoms with Gasteiger partial charge in [0.1, 0.15) is 5.75 Å². The van der Waals surface area contributed by atoms with E-state index < -0.39 is 0 Å². The molecule has 0 aliphatic heterocycles. The highest BCUT2D eigenvalue weighted by molar-refractivity contribution is 5.79. The van der Waals surface area contributed by atoms with Crippen molar-refractivity contribution in [3.8, 4) is 17.2 Å². The van der Waals surface area contributed by atoms with Crippen LogP contribution in [0.15, 0.2) is 47.5 Å². The van der Waals surface area contributed by atoms with E-state index in [1.807, 2.05) is 25.1 Å². The zero-order valence-electron chi connectivity index (χ0n) is 17.2. The molecule has 6 heteroatoms. The first-order chi connectivity index (χ1) is 13.6. The van der Waals surface area contributed by atoms with Crippen molar-refractivity contribution in [2.45, 2.75) is 32.7 Å². The van der Waals surface area contributed by atoms with Gasteiger partial charge >= 0.3 is 0 Å². The summed E-state index contributed by atoms with van der Waals surface area (Å²) in [6.45, 7) is 6.33. The molecule has 28 heavy (non-hydrogen) atoms. The number of hydrogen-bond donors (Lipinski definition) is 3. The monoisotopic (exact) mass is 385 g/mol. The van der Waals surface area contributed by atoms with Crippen LogP contribution in [0, 0.1) is 0 Å². The number of methoxy groups -OCH3 is 2. The van der Waals surface area contributed by atoms with Crippen molar-refractivity contribution in [2.75, 3.05) is 27.3 Å². The Kier molecular flexibility index (Phi) is 8.46. The van der Waals surface area contributed by atoms with Crippen molar-refractivity contribution >= 4 is 5.96 Å². The van der Waals surface area contributed by atoms with Crippen LogP contribution >= 0.6 is 0 Å². The summed E-state index contributed by atoms with van der Waals surface area (Å²) in [4.78, 5) is 4.60. The van der Waals surface area contributed by atoms with Crippen LogP contribution in [-0.4, -0.2) is 38.4 Å². The van der Waals surface area contributed by atoms with Crippen molar-refractivity contribution in [2.24, 2.45) is 4.99 Å². The standard InChI is InChI=1S/C22H31N3O3/c1-5-23-22(25-15-17-6-11-21(28-4)20(26)14-17)24-13-12-16(2)18-7-9-19(27-3)10-8-18/h6-11,14,16,26H,5,12-13,15H2,1-4H3,(H2,23,24,25). The molecule has 0 saturated carbocycles. The number of guanidine groups is 1. The minimum absolute atomic E-state index is 0.126. The van der Waals surface area contributed by atoms with Crippen molar-refractivity contribution in [3.05, 3.63) is 53.6 Å². The van der Waals surface area contributed by atoms with Gasteiger partial charge in [0.2, 0.25) is 0 Å². The molecule has 0 aliphatic rings. The molecule has 0 bridgehead atoms. The Morgan fingerprint density at radius 2 is 1.82 bits per heavy atom. The highest BCUT2D eigenvalue weighted by Gasteiger charge is 2.07. The van der Waals surface area contributed by atoms with E-state index in [0.29, 0.717) is 18.2 Å². The second-order valence-corrected chi connectivity index (χ2v) is 6.59. The van der Waals surface area contributed by atoms with Gasteiger partial charge in [-0.05, 0) is 54.7 Å². The van der Waals surface area contributed by atoms with E-state index in [-0.39, 0.29) is 5.75 Å². The number of aliphatic imine (C=N–C) groups is 1. The van der Waals surface area contributed by atoms with Crippen molar-refractivity contribution < 1.29 is 14.6 Å². The number of nitrogens with zero attached hydrogens (tertiary/aromatic N) is 1.